The van der Waals surface area contributed by atoms with Crippen molar-refractivity contribution in [3.05, 3.63) is 35.9 Å². The van der Waals surface area contributed by atoms with Crippen LogP contribution < -0.4 is 0 Å². The van der Waals surface area contributed by atoms with Crippen molar-refractivity contribution in [1.29, 1.82) is 0 Å². The number of rotatable bonds is 4. The lowest BCUT2D eigenvalue weighted by Gasteiger charge is -2.45. The van der Waals surface area contributed by atoms with Gasteiger partial charge in [-0.25, -0.2) is 13.5 Å². The summed E-state index contributed by atoms with van der Waals surface area (Å²) in [6.07, 6.45) is 0.240. The van der Waals surface area contributed by atoms with Gasteiger partial charge in [0.15, 0.2) is 0 Å². The second-order valence-electron chi connectivity index (χ2n) is 6.23. The minimum Gasteiger partial charge on any atom is -0.272 e. The number of sulfonamides is 1. The molecule has 6 nitrogen and oxygen atoms in total. The number of carbonyl (C=O) groups is 1. The molecule has 0 aliphatic carbocycles. The Labute approximate surface area is 130 Å². The first-order valence-corrected chi connectivity index (χ1v) is 8.85. The zero-order chi connectivity index (χ0) is 16.0. The van der Waals surface area contributed by atoms with E-state index < -0.39 is 20.9 Å². The third-order valence-corrected chi connectivity index (χ3v) is 6.28. The molecule has 0 radical (unpaired) electrons. The van der Waals surface area contributed by atoms with Crippen molar-refractivity contribution >= 4 is 15.9 Å². The minimum atomic E-state index is -3.27. The van der Waals surface area contributed by atoms with Gasteiger partial charge in [0.25, 0.3) is 0 Å². The van der Waals surface area contributed by atoms with Crippen LogP contribution in [0.1, 0.15) is 25.8 Å². The Hall–Kier alpha value is -1.44. The van der Waals surface area contributed by atoms with Gasteiger partial charge < -0.3 is 0 Å². The van der Waals surface area contributed by atoms with Crippen LogP contribution >= 0.6 is 0 Å². The molecule has 2 aliphatic heterocycles. The summed E-state index contributed by atoms with van der Waals surface area (Å²) in [7, 11) is -3.27. The molecule has 0 N–H and O–H groups in total. The molecule has 7 heteroatoms. The normalized spacial score (nSPS) is 21.6. The van der Waals surface area contributed by atoms with Gasteiger partial charge in [0.2, 0.25) is 15.9 Å². The molecule has 0 saturated carbocycles. The zero-order valence-electron chi connectivity index (χ0n) is 12.7. The fourth-order valence-corrected chi connectivity index (χ4v) is 4.22. The molecule has 2 heterocycles. The molecule has 3 rings (SSSR count). The van der Waals surface area contributed by atoms with E-state index in [0.29, 0.717) is 6.54 Å². The molecule has 1 aromatic rings. The number of nitrogens with zero attached hydrogens (tertiary/aromatic N) is 2. The Kier molecular flexibility index (Phi) is 3.74. The summed E-state index contributed by atoms with van der Waals surface area (Å²) in [4.78, 5) is 17.9. The van der Waals surface area contributed by atoms with Gasteiger partial charge in [-0.05, 0) is 19.4 Å². The van der Waals surface area contributed by atoms with Gasteiger partial charge in [-0.1, -0.05) is 30.3 Å². The highest BCUT2D eigenvalue weighted by atomic mass is 32.2. The Bertz CT molecular complexity index is 666. The maximum absolute atomic E-state index is 12.1. The van der Waals surface area contributed by atoms with Crippen molar-refractivity contribution in [1.82, 2.24) is 9.37 Å². The first-order chi connectivity index (χ1) is 10.3. The fraction of sp³-hybridized carbons (Fsp3) is 0.533. The van der Waals surface area contributed by atoms with Crippen molar-refractivity contribution in [2.24, 2.45) is 0 Å². The Morgan fingerprint density at radius 3 is 2.45 bits per heavy atom. The van der Waals surface area contributed by atoms with Crippen LogP contribution in [0.3, 0.4) is 0 Å². The van der Waals surface area contributed by atoms with Gasteiger partial charge in [-0.15, -0.1) is 0 Å². The summed E-state index contributed by atoms with van der Waals surface area (Å²) >= 11 is 0. The number of benzene rings is 1. The smallest absolute Gasteiger partial charge is 0.249 e. The second-order valence-corrected chi connectivity index (χ2v) is 8.72. The highest BCUT2D eigenvalue weighted by molar-refractivity contribution is 7.89. The van der Waals surface area contributed by atoms with Crippen LogP contribution in [0.2, 0.25) is 0 Å². The van der Waals surface area contributed by atoms with E-state index >= 15 is 0 Å². The lowest BCUT2D eigenvalue weighted by Crippen LogP contribution is -2.64. The summed E-state index contributed by atoms with van der Waals surface area (Å²) in [5.41, 5.74) is 0.312. The summed E-state index contributed by atoms with van der Waals surface area (Å²) in [6, 6.07) is 9.59. The third kappa shape index (κ3) is 2.64. The van der Waals surface area contributed by atoms with Crippen molar-refractivity contribution in [3.63, 3.8) is 0 Å². The number of hydroxylamine groups is 2. The SMILES string of the molecule is CC(C)S(=O)(=O)N1CC2(CC(=O)N(Cc3ccccc3)O2)C1. The molecule has 2 fully saturated rings. The van der Waals surface area contributed by atoms with Gasteiger partial charge in [0, 0.05) is 13.1 Å². The summed E-state index contributed by atoms with van der Waals surface area (Å²) in [5, 5.41) is 0.900. The van der Waals surface area contributed by atoms with Crippen LogP contribution in [0.5, 0.6) is 0 Å². The first kappa shape index (κ1) is 15.5. The predicted molar refractivity (Wildman–Crippen MR) is 81.1 cm³/mol. The predicted octanol–water partition coefficient (Wildman–Crippen LogP) is 1.14. The van der Waals surface area contributed by atoms with E-state index in [1.807, 2.05) is 30.3 Å². The third-order valence-electron chi connectivity index (χ3n) is 4.11. The molecular formula is C15H20N2O4S. The number of hydrogen-bond acceptors (Lipinski definition) is 4. The van der Waals surface area contributed by atoms with Crippen LogP contribution in [-0.2, 0) is 26.2 Å². The van der Waals surface area contributed by atoms with Crippen LogP contribution in [0, 0.1) is 0 Å². The van der Waals surface area contributed by atoms with E-state index in [0.717, 1.165) is 5.56 Å². The molecule has 0 bridgehead atoms. The average molecular weight is 324 g/mol. The fourth-order valence-electron chi connectivity index (χ4n) is 2.79. The molecule has 1 aromatic carbocycles. The number of hydrogen-bond donors (Lipinski definition) is 0. The maximum atomic E-state index is 12.1. The van der Waals surface area contributed by atoms with Crippen molar-refractivity contribution in [2.45, 2.75) is 37.7 Å². The molecule has 0 atom stereocenters. The molecule has 0 aromatic heterocycles. The molecule has 120 valence electrons. The summed E-state index contributed by atoms with van der Waals surface area (Å²) in [6.45, 7) is 4.21. The summed E-state index contributed by atoms with van der Waals surface area (Å²) < 4.78 is 25.6. The average Bonchev–Trinajstić information content (AvgIpc) is 2.75. The molecule has 2 aliphatic rings. The van der Waals surface area contributed by atoms with E-state index in [1.165, 1.54) is 9.37 Å². The lowest BCUT2D eigenvalue weighted by atomic mass is 9.94. The Morgan fingerprint density at radius 2 is 1.86 bits per heavy atom. The standard InChI is InChI=1S/C15H20N2O4S/c1-12(2)22(19,20)16-10-15(11-16)8-14(18)17(21-15)9-13-6-4-3-5-7-13/h3-7,12H,8-11H2,1-2H3. The van der Waals surface area contributed by atoms with Gasteiger partial charge >= 0.3 is 0 Å². The van der Waals surface area contributed by atoms with Crippen LogP contribution in [0.15, 0.2) is 30.3 Å². The van der Waals surface area contributed by atoms with Gasteiger partial charge in [0.1, 0.15) is 5.60 Å². The quantitative estimate of drug-likeness (QED) is 0.833. The largest absolute Gasteiger partial charge is 0.272 e. The van der Waals surface area contributed by atoms with Crippen LogP contribution in [0.4, 0.5) is 0 Å². The van der Waals surface area contributed by atoms with Crippen LogP contribution in [0.25, 0.3) is 0 Å². The molecule has 0 unspecified atom stereocenters. The van der Waals surface area contributed by atoms with E-state index in [4.69, 9.17) is 4.84 Å². The highest BCUT2D eigenvalue weighted by Crippen LogP contribution is 2.38. The zero-order valence-corrected chi connectivity index (χ0v) is 13.5. The van der Waals surface area contributed by atoms with Crippen LogP contribution in [-0.4, -0.2) is 47.6 Å². The lowest BCUT2D eigenvalue weighted by molar-refractivity contribution is -0.228. The van der Waals surface area contributed by atoms with E-state index in [-0.39, 0.29) is 25.4 Å². The van der Waals surface area contributed by atoms with Crippen molar-refractivity contribution in [3.8, 4) is 0 Å². The molecule has 1 amide bonds. The number of amides is 1. The number of carbonyl (C=O) groups excluding carboxylic acids is 1. The highest BCUT2D eigenvalue weighted by Gasteiger charge is 2.56. The molecule has 2 saturated heterocycles. The monoisotopic (exact) mass is 324 g/mol. The van der Waals surface area contributed by atoms with Crippen molar-refractivity contribution < 1.29 is 18.0 Å². The first-order valence-electron chi connectivity index (χ1n) is 7.35. The minimum absolute atomic E-state index is 0.0922. The topological polar surface area (TPSA) is 66.9 Å². The Morgan fingerprint density at radius 1 is 1.23 bits per heavy atom. The van der Waals surface area contributed by atoms with E-state index in [1.54, 1.807) is 13.8 Å². The van der Waals surface area contributed by atoms with Gasteiger partial charge in [0.05, 0.1) is 18.2 Å². The Balaban J connectivity index is 1.64. The van der Waals surface area contributed by atoms with E-state index in [2.05, 4.69) is 0 Å². The maximum Gasteiger partial charge on any atom is 0.249 e. The second kappa shape index (κ2) is 5.33. The molecule has 22 heavy (non-hydrogen) atoms. The van der Waals surface area contributed by atoms with E-state index in [9.17, 15) is 13.2 Å². The molecular weight excluding hydrogens is 304 g/mol. The van der Waals surface area contributed by atoms with Crippen molar-refractivity contribution in [2.75, 3.05) is 13.1 Å². The molecule has 1 spiro atoms. The summed E-state index contributed by atoms with van der Waals surface area (Å²) in [5.74, 6) is -0.0922. The van der Waals surface area contributed by atoms with Gasteiger partial charge in [-0.3, -0.25) is 9.63 Å². The van der Waals surface area contributed by atoms with Gasteiger partial charge in [-0.2, -0.15) is 4.31 Å².